The number of rotatable bonds is 5. The van der Waals surface area contributed by atoms with Gasteiger partial charge in [0, 0.05) is 18.8 Å². The molecule has 1 fully saturated rings. The third-order valence-corrected chi connectivity index (χ3v) is 5.45. The van der Waals surface area contributed by atoms with Crippen molar-refractivity contribution in [1.29, 1.82) is 0 Å². The van der Waals surface area contributed by atoms with E-state index in [9.17, 15) is 18.0 Å². The molecule has 1 saturated heterocycles. The van der Waals surface area contributed by atoms with Gasteiger partial charge in [-0.1, -0.05) is 51.1 Å². The van der Waals surface area contributed by atoms with E-state index >= 15 is 0 Å². The van der Waals surface area contributed by atoms with Crippen molar-refractivity contribution in [2.45, 2.75) is 45.2 Å². The van der Waals surface area contributed by atoms with Gasteiger partial charge in [0.05, 0.1) is 12.1 Å². The maximum absolute atomic E-state index is 13.8. The lowest BCUT2D eigenvalue weighted by molar-refractivity contribution is -0.139. The van der Waals surface area contributed by atoms with Gasteiger partial charge in [0.1, 0.15) is 0 Å². The average Bonchev–Trinajstić information content (AvgIpc) is 2.67. The molecule has 1 aliphatic rings. The molecule has 0 spiro atoms. The lowest BCUT2D eigenvalue weighted by Crippen LogP contribution is -2.48. The lowest BCUT2D eigenvalue weighted by Gasteiger charge is -2.28. The standard InChI is InChI=1S/C23H27F3N2O/c1-15(2)20-9-5-7-18(22(20)23(24,25)26)12-16(3)17-6-4-8-19(13-17)28-11-10-27-14-21(28)29/h4-9,13,15-16,27H,10-12,14H2,1-3H3. The summed E-state index contributed by atoms with van der Waals surface area (Å²) in [6.45, 7) is 7.11. The van der Waals surface area contributed by atoms with Crippen LogP contribution >= 0.6 is 0 Å². The van der Waals surface area contributed by atoms with Gasteiger partial charge in [0.25, 0.3) is 0 Å². The summed E-state index contributed by atoms with van der Waals surface area (Å²) in [6, 6.07) is 12.4. The average molecular weight is 404 g/mol. The molecule has 0 aliphatic carbocycles. The number of benzene rings is 2. The molecule has 1 amide bonds. The highest BCUT2D eigenvalue weighted by molar-refractivity contribution is 5.95. The van der Waals surface area contributed by atoms with E-state index in [4.69, 9.17) is 0 Å². The number of hydrogen-bond donors (Lipinski definition) is 1. The minimum atomic E-state index is -4.38. The molecule has 1 unspecified atom stereocenters. The molecule has 2 aromatic carbocycles. The normalized spacial score (nSPS) is 16.4. The first-order chi connectivity index (χ1) is 13.7. The van der Waals surface area contributed by atoms with Gasteiger partial charge in [-0.3, -0.25) is 4.79 Å². The molecular formula is C23H27F3N2O. The number of hydrogen-bond acceptors (Lipinski definition) is 2. The molecule has 3 rings (SSSR count). The van der Waals surface area contributed by atoms with Gasteiger partial charge >= 0.3 is 6.18 Å². The maximum atomic E-state index is 13.8. The van der Waals surface area contributed by atoms with Gasteiger partial charge in [-0.15, -0.1) is 0 Å². The van der Waals surface area contributed by atoms with Crippen molar-refractivity contribution in [3.05, 3.63) is 64.7 Å². The van der Waals surface area contributed by atoms with E-state index in [-0.39, 0.29) is 24.2 Å². The highest BCUT2D eigenvalue weighted by Gasteiger charge is 2.36. The van der Waals surface area contributed by atoms with Crippen molar-refractivity contribution >= 4 is 11.6 Å². The molecule has 0 saturated carbocycles. The largest absolute Gasteiger partial charge is 0.416 e. The number of piperazine rings is 1. The number of nitrogens with zero attached hydrogens (tertiary/aromatic N) is 1. The summed E-state index contributed by atoms with van der Waals surface area (Å²) in [5, 5.41) is 3.04. The number of carbonyl (C=O) groups is 1. The van der Waals surface area contributed by atoms with Crippen LogP contribution in [0.4, 0.5) is 18.9 Å². The van der Waals surface area contributed by atoms with Crippen LogP contribution in [0.1, 0.15) is 54.9 Å². The first kappa shape index (κ1) is 21.4. The smallest absolute Gasteiger partial charge is 0.310 e. The summed E-state index contributed by atoms with van der Waals surface area (Å²) >= 11 is 0. The number of nitrogens with one attached hydrogen (secondary N) is 1. The van der Waals surface area contributed by atoms with Crippen LogP contribution < -0.4 is 10.2 Å². The van der Waals surface area contributed by atoms with E-state index in [0.717, 1.165) is 17.8 Å². The van der Waals surface area contributed by atoms with Crippen LogP contribution in [0.25, 0.3) is 0 Å². The Balaban J connectivity index is 1.90. The second kappa shape index (κ2) is 8.57. The monoisotopic (exact) mass is 404 g/mol. The van der Waals surface area contributed by atoms with Gasteiger partial charge in [-0.25, -0.2) is 0 Å². The van der Waals surface area contributed by atoms with E-state index < -0.39 is 11.7 Å². The molecule has 0 aromatic heterocycles. The number of anilines is 1. The second-order valence-electron chi connectivity index (χ2n) is 7.96. The predicted molar refractivity (Wildman–Crippen MR) is 109 cm³/mol. The van der Waals surface area contributed by atoms with Gasteiger partial charge < -0.3 is 10.2 Å². The lowest BCUT2D eigenvalue weighted by atomic mass is 9.86. The zero-order chi connectivity index (χ0) is 21.2. The molecule has 3 nitrogen and oxygen atoms in total. The summed E-state index contributed by atoms with van der Waals surface area (Å²) in [6.07, 6.45) is -4.10. The highest BCUT2D eigenvalue weighted by atomic mass is 19.4. The molecule has 6 heteroatoms. The molecule has 29 heavy (non-hydrogen) atoms. The molecule has 0 radical (unpaired) electrons. The third-order valence-electron chi connectivity index (χ3n) is 5.45. The summed E-state index contributed by atoms with van der Waals surface area (Å²) in [4.78, 5) is 13.9. The van der Waals surface area contributed by atoms with E-state index in [0.29, 0.717) is 24.2 Å². The van der Waals surface area contributed by atoms with Crippen LogP contribution in [0, 0.1) is 0 Å². The van der Waals surface area contributed by atoms with Gasteiger partial charge in [-0.2, -0.15) is 13.2 Å². The molecule has 156 valence electrons. The Morgan fingerprint density at radius 3 is 2.48 bits per heavy atom. The van der Waals surface area contributed by atoms with Crippen LogP contribution in [-0.2, 0) is 17.4 Å². The Kier molecular flexibility index (Phi) is 6.32. The van der Waals surface area contributed by atoms with Crippen molar-refractivity contribution in [2.24, 2.45) is 0 Å². The van der Waals surface area contributed by atoms with E-state index in [1.54, 1.807) is 36.9 Å². The topological polar surface area (TPSA) is 32.3 Å². The summed E-state index contributed by atoms with van der Waals surface area (Å²) in [7, 11) is 0. The molecular weight excluding hydrogens is 377 g/mol. The van der Waals surface area contributed by atoms with Crippen LogP contribution in [-0.4, -0.2) is 25.5 Å². The fraction of sp³-hybridized carbons (Fsp3) is 0.435. The molecule has 1 heterocycles. The Hall–Kier alpha value is -2.34. The molecule has 2 aromatic rings. The molecule has 1 atom stereocenters. The maximum Gasteiger partial charge on any atom is 0.416 e. The van der Waals surface area contributed by atoms with Crippen LogP contribution in [0.3, 0.4) is 0 Å². The van der Waals surface area contributed by atoms with Crippen LogP contribution in [0.15, 0.2) is 42.5 Å². The minimum absolute atomic E-state index is 0.00467. The zero-order valence-corrected chi connectivity index (χ0v) is 17.0. The fourth-order valence-electron chi connectivity index (χ4n) is 3.94. The van der Waals surface area contributed by atoms with Crippen LogP contribution in [0.5, 0.6) is 0 Å². The summed E-state index contributed by atoms with van der Waals surface area (Å²) in [5.74, 6) is -0.314. The fourth-order valence-corrected chi connectivity index (χ4v) is 3.94. The van der Waals surface area contributed by atoms with E-state index in [1.165, 1.54) is 0 Å². The number of halogens is 3. The minimum Gasteiger partial charge on any atom is -0.310 e. The van der Waals surface area contributed by atoms with E-state index in [2.05, 4.69) is 5.32 Å². The Labute approximate surface area is 169 Å². The number of carbonyl (C=O) groups excluding carboxylic acids is 1. The van der Waals surface area contributed by atoms with Crippen molar-refractivity contribution in [3.8, 4) is 0 Å². The molecule has 0 bridgehead atoms. The second-order valence-corrected chi connectivity index (χ2v) is 7.96. The van der Waals surface area contributed by atoms with Crippen molar-refractivity contribution in [3.63, 3.8) is 0 Å². The molecule has 1 aliphatic heterocycles. The van der Waals surface area contributed by atoms with Gasteiger partial charge in [0.15, 0.2) is 0 Å². The zero-order valence-electron chi connectivity index (χ0n) is 17.0. The Morgan fingerprint density at radius 1 is 1.10 bits per heavy atom. The first-order valence-electron chi connectivity index (χ1n) is 9.98. The quantitative estimate of drug-likeness (QED) is 0.751. The highest BCUT2D eigenvalue weighted by Crippen LogP contribution is 2.39. The van der Waals surface area contributed by atoms with Gasteiger partial charge in [0.2, 0.25) is 5.91 Å². The Morgan fingerprint density at radius 2 is 1.83 bits per heavy atom. The first-order valence-corrected chi connectivity index (χ1v) is 9.98. The third kappa shape index (κ3) is 4.81. The summed E-state index contributed by atoms with van der Waals surface area (Å²) in [5.41, 5.74) is 1.88. The number of amides is 1. The van der Waals surface area contributed by atoms with Crippen molar-refractivity contribution in [2.75, 3.05) is 24.5 Å². The number of alkyl halides is 3. The predicted octanol–water partition coefficient (Wildman–Crippen LogP) is 5.11. The van der Waals surface area contributed by atoms with E-state index in [1.807, 2.05) is 31.2 Å². The Bertz CT molecular complexity index is 877. The summed E-state index contributed by atoms with van der Waals surface area (Å²) < 4.78 is 41.5. The van der Waals surface area contributed by atoms with Crippen LogP contribution in [0.2, 0.25) is 0 Å². The van der Waals surface area contributed by atoms with Gasteiger partial charge in [-0.05, 0) is 47.1 Å². The SMILES string of the molecule is CC(C)c1cccc(CC(C)c2cccc(N3CCNCC3=O)c2)c1C(F)(F)F. The molecule has 1 N–H and O–H groups in total. The van der Waals surface area contributed by atoms with Crippen molar-refractivity contribution < 1.29 is 18.0 Å². The van der Waals surface area contributed by atoms with Crippen molar-refractivity contribution in [1.82, 2.24) is 5.32 Å².